The van der Waals surface area contributed by atoms with Gasteiger partial charge in [0.15, 0.2) is 0 Å². The number of rotatable bonds is 4. The maximum atomic E-state index is 5.88. The molecule has 1 heterocycles. The molecule has 1 aliphatic heterocycles. The lowest BCUT2D eigenvalue weighted by Gasteiger charge is -2.33. The van der Waals surface area contributed by atoms with E-state index in [0.717, 1.165) is 25.4 Å². The quantitative estimate of drug-likeness (QED) is 0.723. The second kappa shape index (κ2) is 6.57. The molecule has 1 rings (SSSR count). The molecule has 1 fully saturated rings. The minimum absolute atomic E-state index is 0.123. The average Bonchev–Trinajstić information content (AvgIpc) is 2.23. The summed E-state index contributed by atoms with van der Waals surface area (Å²) in [7, 11) is 2.51. The van der Waals surface area contributed by atoms with Crippen LogP contribution in [0.15, 0.2) is 0 Å². The first-order chi connectivity index (χ1) is 7.26. The Morgan fingerprint density at radius 2 is 2.00 bits per heavy atom. The van der Waals surface area contributed by atoms with Gasteiger partial charge in [0, 0.05) is 27.4 Å². The fraction of sp³-hybridized carbons (Fsp3) is 1.00. The van der Waals surface area contributed by atoms with Gasteiger partial charge in [-0.15, -0.1) is 0 Å². The lowest BCUT2D eigenvalue weighted by molar-refractivity contribution is -0.00643. The second-order valence-electron chi connectivity index (χ2n) is 3.56. The van der Waals surface area contributed by atoms with Crippen molar-refractivity contribution in [1.29, 1.82) is 0 Å². The third kappa shape index (κ3) is 3.82. The summed E-state index contributed by atoms with van der Waals surface area (Å²) in [5.41, 5.74) is 0. The van der Waals surface area contributed by atoms with E-state index in [-0.39, 0.29) is 6.23 Å². The first kappa shape index (κ1) is 13.1. The van der Waals surface area contributed by atoms with Gasteiger partial charge in [0.05, 0.1) is 6.61 Å². The average molecular weight is 235 g/mol. The number of ether oxygens (including phenoxy) is 1. The summed E-state index contributed by atoms with van der Waals surface area (Å²) in [4.78, 5) is 0. The van der Waals surface area contributed by atoms with Crippen LogP contribution in [0.25, 0.3) is 0 Å². The zero-order valence-corrected chi connectivity index (χ0v) is 10.7. The first-order valence-electron chi connectivity index (χ1n) is 5.27. The van der Waals surface area contributed by atoms with Crippen molar-refractivity contribution in [2.24, 2.45) is 0 Å². The lowest BCUT2D eigenvalue weighted by atomic mass is 10.3. The molecule has 0 aliphatic carbocycles. The minimum atomic E-state index is -2.46. The molecule has 0 aromatic rings. The molecular formula is C9H21NO4Si. The number of hydrogen-bond donors (Lipinski definition) is 1. The Hall–Kier alpha value is 0.0169. The Kier molecular flexibility index (Phi) is 5.73. The van der Waals surface area contributed by atoms with Gasteiger partial charge in [0.1, 0.15) is 6.23 Å². The van der Waals surface area contributed by atoms with E-state index >= 15 is 0 Å². The van der Waals surface area contributed by atoms with E-state index in [1.807, 2.05) is 0 Å². The highest BCUT2D eigenvalue weighted by molar-refractivity contribution is 6.60. The van der Waals surface area contributed by atoms with Gasteiger partial charge in [-0.3, -0.25) is 5.32 Å². The van der Waals surface area contributed by atoms with Crippen LogP contribution >= 0.6 is 0 Å². The molecule has 1 saturated heterocycles. The molecule has 5 nitrogen and oxygen atoms in total. The standard InChI is InChI=1S/C9H21NO4Si/c1-11-8-9-10-6-4-5-7-15(12-2,13-3)14-9/h9-10H,4-8H2,1-3H3. The van der Waals surface area contributed by atoms with E-state index in [2.05, 4.69) is 5.32 Å². The van der Waals surface area contributed by atoms with Crippen LogP contribution < -0.4 is 5.32 Å². The zero-order valence-electron chi connectivity index (χ0n) is 9.75. The monoisotopic (exact) mass is 235 g/mol. The molecule has 1 unspecified atom stereocenters. The Balaban J connectivity index is 2.59. The van der Waals surface area contributed by atoms with Crippen molar-refractivity contribution < 1.29 is 18.0 Å². The van der Waals surface area contributed by atoms with E-state index < -0.39 is 8.80 Å². The van der Waals surface area contributed by atoms with E-state index in [1.165, 1.54) is 0 Å². The van der Waals surface area contributed by atoms with Crippen LogP contribution in [0.2, 0.25) is 6.04 Å². The van der Waals surface area contributed by atoms with E-state index in [0.29, 0.717) is 6.61 Å². The second-order valence-corrected chi connectivity index (χ2v) is 6.48. The Morgan fingerprint density at radius 3 is 2.60 bits per heavy atom. The van der Waals surface area contributed by atoms with Gasteiger partial charge in [-0.2, -0.15) is 0 Å². The summed E-state index contributed by atoms with van der Waals surface area (Å²) in [6.45, 7) is 1.47. The summed E-state index contributed by atoms with van der Waals surface area (Å²) in [5.74, 6) is 0. The molecule has 0 saturated carbocycles. The largest absolute Gasteiger partial charge is 0.501 e. The minimum Gasteiger partial charge on any atom is -0.381 e. The van der Waals surface area contributed by atoms with Gasteiger partial charge in [-0.1, -0.05) is 0 Å². The number of methoxy groups -OCH3 is 1. The SMILES string of the molecule is COCC1NCCCC[Si](OC)(OC)O1. The van der Waals surface area contributed by atoms with Crippen molar-refractivity contribution in [3.05, 3.63) is 0 Å². The van der Waals surface area contributed by atoms with Crippen molar-refractivity contribution in [1.82, 2.24) is 5.32 Å². The molecule has 90 valence electrons. The van der Waals surface area contributed by atoms with Crippen LogP contribution in [0, 0.1) is 0 Å². The van der Waals surface area contributed by atoms with Gasteiger partial charge in [-0.05, 0) is 19.4 Å². The zero-order chi connectivity index (χ0) is 11.1. The van der Waals surface area contributed by atoms with Gasteiger partial charge in [-0.25, -0.2) is 0 Å². The third-order valence-electron chi connectivity index (χ3n) is 2.54. The van der Waals surface area contributed by atoms with Crippen LogP contribution in [-0.4, -0.2) is 49.5 Å². The van der Waals surface area contributed by atoms with Crippen molar-refractivity contribution >= 4 is 8.80 Å². The van der Waals surface area contributed by atoms with Crippen LogP contribution in [0.5, 0.6) is 0 Å². The summed E-state index contributed by atoms with van der Waals surface area (Å²) in [6.07, 6.45) is 2.06. The highest BCUT2D eigenvalue weighted by atomic mass is 28.4. The molecule has 0 bridgehead atoms. The highest BCUT2D eigenvalue weighted by Gasteiger charge is 2.41. The highest BCUT2D eigenvalue weighted by Crippen LogP contribution is 2.20. The molecule has 15 heavy (non-hydrogen) atoms. The van der Waals surface area contributed by atoms with Crippen molar-refractivity contribution in [3.63, 3.8) is 0 Å². The van der Waals surface area contributed by atoms with E-state index in [4.69, 9.17) is 18.0 Å². The molecule has 0 amide bonds. The molecule has 1 aliphatic rings. The summed E-state index contributed by atoms with van der Waals surface area (Å²) < 4.78 is 21.8. The lowest BCUT2D eigenvalue weighted by Crippen LogP contribution is -2.53. The van der Waals surface area contributed by atoms with Crippen LogP contribution in [0.4, 0.5) is 0 Å². The van der Waals surface area contributed by atoms with Gasteiger partial charge >= 0.3 is 8.80 Å². The molecule has 0 radical (unpaired) electrons. The first-order valence-corrected chi connectivity index (χ1v) is 7.20. The van der Waals surface area contributed by atoms with Gasteiger partial charge in [0.2, 0.25) is 0 Å². The number of nitrogens with one attached hydrogen (secondary N) is 1. The van der Waals surface area contributed by atoms with Crippen molar-refractivity contribution in [3.8, 4) is 0 Å². The van der Waals surface area contributed by atoms with E-state index in [1.54, 1.807) is 21.3 Å². The summed E-state index contributed by atoms with van der Waals surface area (Å²) in [6, 6.07) is 0.877. The Labute approximate surface area is 92.4 Å². The van der Waals surface area contributed by atoms with E-state index in [9.17, 15) is 0 Å². The predicted octanol–water partition coefficient (Wildman–Crippen LogP) is 0.591. The fourth-order valence-electron chi connectivity index (χ4n) is 1.67. The van der Waals surface area contributed by atoms with Crippen LogP contribution in [0.3, 0.4) is 0 Å². The molecule has 1 N–H and O–H groups in total. The molecule has 0 aromatic heterocycles. The van der Waals surface area contributed by atoms with Crippen molar-refractivity contribution in [2.75, 3.05) is 34.5 Å². The molecule has 6 heteroatoms. The normalized spacial score (nSPS) is 27.0. The molecule has 0 spiro atoms. The number of hydrogen-bond acceptors (Lipinski definition) is 5. The van der Waals surface area contributed by atoms with Crippen LogP contribution in [-0.2, 0) is 18.0 Å². The Morgan fingerprint density at radius 1 is 1.27 bits per heavy atom. The smallest absolute Gasteiger partial charge is 0.381 e. The van der Waals surface area contributed by atoms with Crippen LogP contribution in [0.1, 0.15) is 12.8 Å². The van der Waals surface area contributed by atoms with Crippen molar-refractivity contribution in [2.45, 2.75) is 25.1 Å². The molecule has 0 aromatic carbocycles. The maximum Gasteiger partial charge on any atom is 0.501 e. The topological polar surface area (TPSA) is 49.0 Å². The molecular weight excluding hydrogens is 214 g/mol. The molecule has 1 atom stereocenters. The fourth-order valence-corrected chi connectivity index (χ4v) is 3.83. The summed E-state index contributed by atoms with van der Waals surface area (Å²) in [5, 5.41) is 3.27. The maximum absolute atomic E-state index is 5.88. The Bertz CT molecular complexity index is 177. The predicted molar refractivity (Wildman–Crippen MR) is 58.6 cm³/mol. The van der Waals surface area contributed by atoms with Gasteiger partial charge in [0.25, 0.3) is 0 Å². The third-order valence-corrected chi connectivity index (χ3v) is 5.40. The summed E-state index contributed by atoms with van der Waals surface area (Å²) >= 11 is 0. The van der Waals surface area contributed by atoms with Gasteiger partial charge < -0.3 is 18.0 Å².